The Morgan fingerprint density at radius 3 is 2.38 bits per heavy atom. The fourth-order valence-electron chi connectivity index (χ4n) is 2.39. The molecule has 2 rings (SSSR count). The average Bonchev–Trinajstić information content (AvgIpc) is 2.61. The van der Waals surface area contributed by atoms with Crippen LogP contribution < -0.4 is 14.4 Å². The van der Waals surface area contributed by atoms with Gasteiger partial charge in [0.1, 0.15) is 5.75 Å². The van der Waals surface area contributed by atoms with E-state index >= 15 is 0 Å². The predicted octanol–water partition coefficient (Wildman–Crippen LogP) is 2.99. The Morgan fingerprint density at radius 1 is 1.19 bits per heavy atom. The fourth-order valence-corrected chi connectivity index (χ4v) is 3.61. The maximum absolute atomic E-state index is 12.4. The normalized spacial score (nSPS) is 11.2. The summed E-state index contributed by atoms with van der Waals surface area (Å²) in [5.74, 6) is 0.493. The van der Waals surface area contributed by atoms with E-state index in [-0.39, 0.29) is 23.9 Å². The fraction of sp³-hybridized carbons (Fsp3) is 0.278. The number of aryl methyl sites for hydroxylation is 1. The van der Waals surface area contributed by atoms with E-state index in [4.69, 9.17) is 16.3 Å². The topological polar surface area (TPSA) is 75.7 Å². The van der Waals surface area contributed by atoms with E-state index in [0.29, 0.717) is 22.0 Å². The molecule has 0 bridgehead atoms. The minimum Gasteiger partial charge on any atom is -0.497 e. The van der Waals surface area contributed by atoms with Crippen molar-refractivity contribution in [1.29, 1.82) is 0 Å². The zero-order valence-electron chi connectivity index (χ0n) is 14.8. The zero-order chi connectivity index (χ0) is 19.3. The third kappa shape index (κ3) is 4.97. The van der Waals surface area contributed by atoms with Crippen LogP contribution >= 0.6 is 11.6 Å². The van der Waals surface area contributed by atoms with Crippen LogP contribution in [0.4, 0.5) is 5.69 Å². The highest BCUT2D eigenvalue weighted by atomic mass is 35.5. The standard InChI is InChI=1S/C18H21ClN2O4S/c1-13-12-17(8-9-18(13)19)26(23,24)20-10-11-21(14(2)22)15-4-6-16(25-3)7-5-15/h4-9,12,20H,10-11H2,1-3H3. The molecule has 0 atom stereocenters. The van der Waals surface area contributed by atoms with Crippen LogP contribution in [0, 0.1) is 6.92 Å². The van der Waals surface area contributed by atoms with Crippen LogP contribution in [-0.2, 0) is 14.8 Å². The minimum absolute atomic E-state index is 0.0790. The first-order valence-electron chi connectivity index (χ1n) is 7.92. The third-order valence-corrected chi connectivity index (χ3v) is 5.71. The van der Waals surface area contributed by atoms with Gasteiger partial charge in [0.2, 0.25) is 15.9 Å². The number of anilines is 1. The van der Waals surface area contributed by atoms with Gasteiger partial charge in [-0.1, -0.05) is 11.6 Å². The van der Waals surface area contributed by atoms with Gasteiger partial charge in [0, 0.05) is 30.7 Å². The van der Waals surface area contributed by atoms with Gasteiger partial charge < -0.3 is 9.64 Å². The molecule has 8 heteroatoms. The molecule has 0 aliphatic heterocycles. The molecule has 0 saturated carbocycles. The van der Waals surface area contributed by atoms with Gasteiger partial charge in [0.25, 0.3) is 0 Å². The number of amides is 1. The first kappa shape index (κ1) is 20.2. The number of methoxy groups -OCH3 is 1. The first-order valence-corrected chi connectivity index (χ1v) is 9.78. The number of hydrogen-bond donors (Lipinski definition) is 1. The first-order chi connectivity index (χ1) is 12.2. The van der Waals surface area contributed by atoms with E-state index in [1.54, 1.807) is 44.4 Å². The second-order valence-corrected chi connectivity index (χ2v) is 7.85. The van der Waals surface area contributed by atoms with Gasteiger partial charge in [-0.2, -0.15) is 0 Å². The molecule has 0 aliphatic carbocycles. The van der Waals surface area contributed by atoms with Crippen LogP contribution in [0.2, 0.25) is 5.02 Å². The van der Waals surface area contributed by atoms with Gasteiger partial charge in [0.15, 0.2) is 0 Å². The summed E-state index contributed by atoms with van der Waals surface area (Å²) in [4.78, 5) is 13.5. The number of nitrogens with zero attached hydrogens (tertiary/aromatic N) is 1. The van der Waals surface area contributed by atoms with Crippen molar-refractivity contribution in [2.45, 2.75) is 18.7 Å². The Morgan fingerprint density at radius 2 is 1.85 bits per heavy atom. The number of sulfonamides is 1. The highest BCUT2D eigenvalue weighted by Crippen LogP contribution is 2.20. The minimum atomic E-state index is -3.68. The largest absolute Gasteiger partial charge is 0.497 e. The van der Waals surface area contributed by atoms with Crippen molar-refractivity contribution in [3.8, 4) is 5.75 Å². The molecular formula is C18H21ClN2O4S. The number of halogens is 1. The van der Waals surface area contributed by atoms with E-state index in [9.17, 15) is 13.2 Å². The number of ether oxygens (including phenoxy) is 1. The summed E-state index contributed by atoms with van der Waals surface area (Å²) in [6.07, 6.45) is 0. The van der Waals surface area contributed by atoms with E-state index in [1.165, 1.54) is 24.0 Å². The highest BCUT2D eigenvalue weighted by molar-refractivity contribution is 7.89. The number of carbonyl (C=O) groups is 1. The smallest absolute Gasteiger partial charge is 0.240 e. The van der Waals surface area contributed by atoms with E-state index in [2.05, 4.69) is 4.72 Å². The molecule has 0 fully saturated rings. The molecule has 26 heavy (non-hydrogen) atoms. The molecule has 2 aromatic carbocycles. The van der Waals surface area contributed by atoms with Crippen LogP contribution in [0.15, 0.2) is 47.4 Å². The van der Waals surface area contributed by atoms with Gasteiger partial charge in [0.05, 0.1) is 12.0 Å². The Hall–Kier alpha value is -2.09. The summed E-state index contributed by atoms with van der Waals surface area (Å²) >= 11 is 5.93. The van der Waals surface area contributed by atoms with Gasteiger partial charge in [-0.3, -0.25) is 4.79 Å². The predicted molar refractivity (Wildman–Crippen MR) is 102 cm³/mol. The van der Waals surface area contributed by atoms with Crippen LogP contribution in [0.5, 0.6) is 5.75 Å². The lowest BCUT2D eigenvalue weighted by Crippen LogP contribution is -2.37. The molecule has 0 unspecified atom stereocenters. The Balaban J connectivity index is 2.06. The van der Waals surface area contributed by atoms with Crippen LogP contribution in [0.3, 0.4) is 0 Å². The number of hydrogen-bond acceptors (Lipinski definition) is 4. The molecule has 0 spiro atoms. The summed E-state index contributed by atoms with van der Waals surface area (Å²) in [5.41, 5.74) is 1.35. The molecular weight excluding hydrogens is 376 g/mol. The summed E-state index contributed by atoms with van der Waals surface area (Å²) < 4.78 is 32.4. The van der Waals surface area contributed by atoms with Crippen LogP contribution in [0.1, 0.15) is 12.5 Å². The second-order valence-electron chi connectivity index (χ2n) is 5.68. The lowest BCUT2D eigenvalue weighted by Gasteiger charge is -2.21. The van der Waals surface area contributed by atoms with Crippen LogP contribution in [0.25, 0.3) is 0 Å². The second kappa shape index (κ2) is 8.53. The molecule has 1 N–H and O–H groups in total. The van der Waals surface area contributed by atoms with Crippen molar-refractivity contribution >= 4 is 33.2 Å². The number of rotatable bonds is 7. The van der Waals surface area contributed by atoms with Crippen molar-refractivity contribution in [3.05, 3.63) is 53.1 Å². The Kier molecular flexibility index (Phi) is 6.63. The number of carbonyl (C=O) groups excluding carboxylic acids is 1. The molecule has 0 aromatic heterocycles. The van der Waals surface area contributed by atoms with Crippen molar-refractivity contribution in [2.75, 3.05) is 25.1 Å². The zero-order valence-corrected chi connectivity index (χ0v) is 16.4. The van der Waals surface area contributed by atoms with E-state index in [0.717, 1.165) is 0 Å². The summed E-state index contributed by atoms with van der Waals surface area (Å²) in [6.45, 7) is 3.45. The van der Waals surface area contributed by atoms with Crippen molar-refractivity contribution in [1.82, 2.24) is 4.72 Å². The summed E-state index contributed by atoms with van der Waals surface area (Å²) in [6, 6.07) is 11.5. The van der Waals surface area contributed by atoms with Crippen molar-refractivity contribution in [2.24, 2.45) is 0 Å². The van der Waals surface area contributed by atoms with E-state index < -0.39 is 10.0 Å². The summed E-state index contributed by atoms with van der Waals surface area (Å²) in [7, 11) is -2.12. The quantitative estimate of drug-likeness (QED) is 0.780. The lowest BCUT2D eigenvalue weighted by molar-refractivity contribution is -0.116. The molecule has 0 saturated heterocycles. The average molecular weight is 397 g/mol. The van der Waals surface area contributed by atoms with Gasteiger partial charge >= 0.3 is 0 Å². The van der Waals surface area contributed by atoms with Crippen LogP contribution in [-0.4, -0.2) is 34.5 Å². The van der Waals surface area contributed by atoms with Crippen molar-refractivity contribution < 1.29 is 17.9 Å². The van der Waals surface area contributed by atoms with Gasteiger partial charge in [-0.25, -0.2) is 13.1 Å². The molecule has 6 nitrogen and oxygen atoms in total. The molecule has 1 amide bonds. The third-order valence-electron chi connectivity index (χ3n) is 3.83. The Labute approximate surface area is 158 Å². The van der Waals surface area contributed by atoms with E-state index in [1.807, 2.05) is 0 Å². The molecule has 0 radical (unpaired) electrons. The lowest BCUT2D eigenvalue weighted by atomic mass is 10.2. The summed E-state index contributed by atoms with van der Waals surface area (Å²) in [5, 5.41) is 0.506. The maximum Gasteiger partial charge on any atom is 0.240 e. The maximum atomic E-state index is 12.4. The highest BCUT2D eigenvalue weighted by Gasteiger charge is 2.17. The molecule has 0 heterocycles. The number of benzene rings is 2. The van der Waals surface area contributed by atoms with Gasteiger partial charge in [-0.05, 0) is 55.0 Å². The monoisotopic (exact) mass is 396 g/mol. The SMILES string of the molecule is COc1ccc(N(CCNS(=O)(=O)c2ccc(Cl)c(C)c2)C(C)=O)cc1. The molecule has 140 valence electrons. The molecule has 0 aliphatic rings. The van der Waals surface area contributed by atoms with Gasteiger partial charge in [-0.15, -0.1) is 0 Å². The molecule has 2 aromatic rings. The number of nitrogens with one attached hydrogen (secondary N) is 1. The Bertz CT molecular complexity index is 883. The van der Waals surface area contributed by atoms with Crippen molar-refractivity contribution in [3.63, 3.8) is 0 Å².